The molecule has 3 rings (SSSR count). The summed E-state index contributed by atoms with van der Waals surface area (Å²) in [5, 5.41) is 10.2. The minimum atomic E-state index is -0.499. The maximum absolute atomic E-state index is 12.3. The summed E-state index contributed by atoms with van der Waals surface area (Å²) in [4.78, 5) is 16.2. The number of ether oxygens (including phenoxy) is 2. The zero-order chi connectivity index (χ0) is 18.0. The van der Waals surface area contributed by atoms with E-state index in [0.717, 1.165) is 11.3 Å². The highest BCUT2D eigenvalue weighted by Crippen LogP contribution is 2.27. The first-order valence-corrected chi connectivity index (χ1v) is 8.92. The maximum Gasteiger partial charge on any atom is 0.410 e. The van der Waals surface area contributed by atoms with E-state index in [1.165, 1.54) is 0 Å². The lowest BCUT2D eigenvalue weighted by Gasteiger charge is -2.39. The van der Waals surface area contributed by atoms with Crippen molar-refractivity contribution in [2.45, 2.75) is 45.0 Å². The van der Waals surface area contributed by atoms with Crippen molar-refractivity contribution in [2.75, 3.05) is 37.7 Å². The van der Waals surface area contributed by atoms with E-state index in [1.54, 1.807) is 4.90 Å². The Morgan fingerprint density at radius 3 is 2.84 bits per heavy atom. The molecule has 2 heterocycles. The summed E-state index contributed by atoms with van der Waals surface area (Å²) in [5.74, 6) is 0. The first kappa shape index (κ1) is 18.0. The van der Waals surface area contributed by atoms with Crippen molar-refractivity contribution in [3.63, 3.8) is 0 Å². The standard InChI is InChI=1S/C19H28N2O4/c1-19(2,3)25-18(23)20-8-9-24-16(12-20)13-21-11-15(22)10-14-6-4-5-7-17(14)21/h4-7,15-16,22H,8-13H2,1-3H3. The average molecular weight is 348 g/mol. The van der Waals surface area contributed by atoms with Gasteiger partial charge in [-0.1, -0.05) is 18.2 Å². The molecule has 138 valence electrons. The monoisotopic (exact) mass is 348 g/mol. The van der Waals surface area contributed by atoms with Crippen LogP contribution in [-0.4, -0.2) is 66.7 Å². The van der Waals surface area contributed by atoms with Gasteiger partial charge in [0, 0.05) is 31.7 Å². The van der Waals surface area contributed by atoms with Gasteiger partial charge in [0.1, 0.15) is 5.60 Å². The number of fused-ring (bicyclic) bond motifs is 1. The molecular formula is C19H28N2O4. The van der Waals surface area contributed by atoms with Gasteiger partial charge in [0.05, 0.1) is 25.4 Å². The largest absolute Gasteiger partial charge is 0.444 e. The second-order valence-corrected chi connectivity index (χ2v) is 7.81. The number of para-hydroxylation sites is 1. The molecule has 2 unspecified atom stereocenters. The van der Waals surface area contributed by atoms with Crippen LogP contribution in [0.3, 0.4) is 0 Å². The number of benzene rings is 1. The predicted molar refractivity (Wildman–Crippen MR) is 95.9 cm³/mol. The number of amides is 1. The number of rotatable bonds is 2. The molecule has 2 atom stereocenters. The van der Waals surface area contributed by atoms with Gasteiger partial charge < -0.3 is 24.4 Å². The van der Waals surface area contributed by atoms with Gasteiger partial charge in [-0.05, 0) is 32.4 Å². The van der Waals surface area contributed by atoms with Gasteiger partial charge >= 0.3 is 6.09 Å². The number of carbonyl (C=O) groups is 1. The van der Waals surface area contributed by atoms with E-state index >= 15 is 0 Å². The molecule has 1 fully saturated rings. The van der Waals surface area contributed by atoms with Crippen LogP contribution < -0.4 is 4.90 Å². The topological polar surface area (TPSA) is 62.2 Å². The normalized spacial score (nSPS) is 24.0. The Hall–Kier alpha value is -1.79. The lowest BCUT2D eigenvalue weighted by Crippen LogP contribution is -2.52. The Balaban J connectivity index is 1.64. The van der Waals surface area contributed by atoms with E-state index in [-0.39, 0.29) is 18.3 Å². The van der Waals surface area contributed by atoms with Gasteiger partial charge in [0.2, 0.25) is 0 Å². The predicted octanol–water partition coefficient (Wildman–Crippen LogP) is 2.05. The molecule has 0 aromatic heterocycles. The van der Waals surface area contributed by atoms with Crippen molar-refractivity contribution >= 4 is 11.8 Å². The lowest BCUT2D eigenvalue weighted by atomic mass is 9.99. The van der Waals surface area contributed by atoms with Gasteiger partial charge in [0.15, 0.2) is 0 Å². The van der Waals surface area contributed by atoms with Crippen molar-refractivity contribution in [3.8, 4) is 0 Å². The fourth-order valence-electron chi connectivity index (χ4n) is 3.40. The van der Waals surface area contributed by atoms with E-state index in [1.807, 2.05) is 32.9 Å². The Morgan fingerprint density at radius 2 is 2.08 bits per heavy atom. The average Bonchev–Trinajstić information content (AvgIpc) is 2.53. The van der Waals surface area contributed by atoms with Crippen LogP contribution in [0.15, 0.2) is 24.3 Å². The highest BCUT2D eigenvalue weighted by molar-refractivity contribution is 5.68. The molecule has 6 heteroatoms. The molecule has 1 aromatic rings. The molecular weight excluding hydrogens is 320 g/mol. The molecule has 1 amide bonds. The Kier molecular flexibility index (Phi) is 5.20. The van der Waals surface area contributed by atoms with Crippen LogP contribution in [-0.2, 0) is 15.9 Å². The molecule has 0 bridgehead atoms. The third-order valence-corrected chi connectivity index (χ3v) is 4.43. The summed E-state index contributed by atoms with van der Waals surface area (Å²) in [6.07, 6.45) is -0.0812. The number of hydrogen-bond acceptors (Lipinski definition) is 5. The number of aliphatic hydroxyl groups excluding tert-OH is 1. The van der Waals surface area contributed by atoms with Crippen LogP contribution in [0, 0.1) is 0 Å². The van der Waals surface area contributed by atoms with Crippen LogP contribution in [0.4, 0.5) is 10.5 Å². The Morgan fingerprint density at radius 1 is 1.32 bits per heavy atom. The Labute approximate surface area is 149 Å². The van der Waals surface area contributed by atoms with E-state index in [0.29, 0.717) is 39.2 Å². The quantitative estimate of drug-likeness (QED) is 0.886. The van der Waals surface area contributed by atoms with Crippen LogP contribution in [0.2, 0.25) is 0 Å². The smallest absolute Gasteiger partial charge is 0.410 e. The number of carbonyl (C=O) groups excluding carboxylic acids is 1. The molecule has 2 aliphatic heterocycles. The lowest BCUT2D eigenvalue weighted by molar-refractivity contribution is -0.0395. The van der Waals surface area contributed by atoms with Gasteiger partial charge in [-0.25, -0.2) is 4.79 Å². The van der Waals surface area contributed by atoms with E-state index in [2.05, 4.69) is 17.0 Å². The SMILES string of the molecule is CC(C)(C)OC(=O)N1CCOC(CN2CC(O)Cc3ccccc32)C1. The molecule has 0 spiro atoms. The molecule has 1 N–H and O–H groups in total. The first-order valence-electron chi connectivity index (χ1n) is 8.92. The van der Waals surface area contributed by atoms with E-state index < -0.39 is 5.60 Å². The third kappa shape index (κ3) is 4.64. The molecule has 6 nitrogen and oxygen atoms in total. The van der Waals surface area contributed by atoms with Crippen molar-refractivity contribution in [1.29, 1.82) is 0 Å². The summed E-state index contributed by atoms with van der Waals surface area (Å²) in [6, 6.07) is 8.14. The number of β-amino-alcohol motifs (C(OH)–C–C–N with tert-alkyl or cyclic N) is 1. The summed E-state index contributed by atoms with van der Waals surface area (Å²) in [5.41, 5.74) is 1.80. The van der Waals surface area contributed by atoms with E-state index in [4.69, 9.17) is 9.47 Å². The van der Waals surface area contributed by atoms with Crippen molar-refractivity contribution in [1.82, 2.24) is 4.90 Å². The summed E-state index contributed by atoms with van der Waals surface area (Å²) < 4.78 is 11.3. The molecule has 2 aliphatic rings. The second kappa shape index (κ2) is 7.22. The van der Waals surface area contributed by atoms with Crippen LogP contribution >= 0.6 is 0 Å². The van der Waals surface area contributed by atoms with Gasteiger partial charge in [0.25, 0.3) is 0 Å². The first-order chi connectivity index (χ1) is 11.8. The minimum Gasteiger partial charge on any atom is -0.444 e. The second-order valence-electron chi connectivity index (χ2n) is 7.81. The highest BCUT2D eigenvalue weighted by atomic mass is 16.6. The molecule has 0 saturated carbocycles. The number of hydrogen-bond donors (Lipinski definition) is 1. The molecule has 0 aliphatic carbocycles. The van der Waals surface area contributed by atoms with Crippen molar-refractivity contribution in [2.24, 2.45) is 0 Å². The zero-order valence-electron chi connectivity index (χ0n) is 15.3. The zero-order valence-corrected chi connectivity index (χ0v) is 15.3. The molecule has 0 radical (unpaired) electrons. The number of morpholine rings is 1. The summed E-state index contributed by atoms with van der Waals surface area (Å²) in [7, 11) is 0. The number of aliphatic hydroxyl groups is 1. The van der Waals surface area contributed by atoms with Gasteiger partial charge in [-0.3, -0.25) is 0 Å². The van der Waals surface area contributed by atoms with Crippen molar-refractivity contribution < 1.29 is 19.4 Å². The summed E-state index contributed by atoms with van der Waals surface area (Å²) in [6.45, 7) is 8.39. The number of anilines is 1. The van der Waals surface area contributed by atoms with Crippen molar-refractivity contribution in [3.05, 3.63) is 29.8 Å². The molecule has 25 heavy (non-hydrogen) atoms. The third-order valence-electron chi connectivity index (χ3n) is 4.43. The fraction of sp³-hybridized carbons (Fsp3) is 0.632. The summed E-state index contributed by atoms with van der Waals surface area (Å²) >= 11 is 0. The van der Waals surface area contributed by atoms with Gasteiger partial charge in [-0.2, -0.15) is 0 Å². The Bertz CT molecular complexity index is 614. The molecule has 1 saturated heterocycles. The van der Waals surface area contributed by atoms with Crippen LogP contribution in [0.5, 0.6) is 0 Å². The molecule has 1 aromatic carbocycles. The van der Waals surface area contributed by atoms with Crippen LogP contribution in [0.25, 0.3) is 0 Å². The maximum atomic E-state index is 12.3. The van der Waals surface area contributed by atoms with Gasteiger partial charge in [-0.15, -0.1) is 0 Å². The fourth-order valence-corrected chi connectivity index (χ4v) is 3.40. The highest BCUT2D eigenvalue weighted by Gasteiger charge is 2.31. The number of nitrogens with zero attached hydrogens (tertiary/aromatic N) is 2. The minimum absolute atomic E-state index is 0.0976. The van der Waals surface area contributed by atoms with E-state index in [9.17, 15) is 9.90 Å². The van der Waals surface area contributed by atoms with Crippen LogP contribution in [0.1, 0.15) is 26.3 Å².